The quantitative estimate of drug-likeness (QED) is 0.126. The molecule has 0 aliphatic rings. The average Bonchev–Trinajstić information content (AvgIpc) is 3.25. The average molecular weight is 469 g/mol. The minimum absolute atomic E-state index is 0.0739. The first-order valence-electron chi connectivity index (χ1n) is 9.82. The minimum atomic E-state index is -1.33. The fourth-order valence-corrected chi connectivity index (χ4v) is 2.60. The van der Waals surface area contributed by atoms with Gasteiger partial charge in [0.05, 0.1) is 18.9 Å². The van der Waals surface area contributed by atoms with Crippen LogP contribution in [0.3, 0.4) is 0 Å². The van der Waals surface area contributed by atoms with E-state index in [1.54, 1.807) is 0 Å². The number of hydrogen-bond acceptors (Lipinski definition) is 8. The van der Waals surface area contributed by atoms with Crippen LogP contribution >= 0.6 is 0 Å². The Balaban J connectivity index is 2.66. The standard InChI is InChI=1S/C18H27N7O8/c19-10(1-3-13(20)26)16(30)25-11(2-4-15(28)29)17(31)22-7-14(27)24-12(18(32)33)5-9-6-21-8-23-9/h6,8,10-12H,1-5,7,19H2,(H2,20,26)(H,21,23)(H,22,31)(H,24,27)(H,25,30)(H,28,29)(H,32,33). The third kappa shape index (κ3) is 10.7. The normalized spacial score (nSPS) is 13.2. The van der Waals surface area contributed by atoms with Gasteiger partial charge in [0.25, 0.3) is 0 Å². The monoisotopic (exact) mass is 469 g/mol. The van der Waals surface area contributed by atoms with E-state index >= 15 is 0 Å². The summed E-state index contributed by atoms with van der Waals surface area (Å²) in [5.41, 5.74) is 11.1. The first-order chi connectivity index (χ1) is 15.5. The summed E-state index contributed by atoms with van der Waals surface area (Å²) < 4.78 is 0. The molecule has 1 rings (SSSR count). The van der Waals surface area contributed by atoms with Crippen LogP contribution in [-0.4, -0.2) is 80.4 Å². The van der Waals surface area contributed by atoms with E-state index in [2.05, 4.69) is 25.9 Å². The summed E-state index contributed by atoms with van der Waals surface area (Å²) in [6.07, 6.45) is 1.67. The van der Waals surface area contributed by atoms with Crippen LogP contribution < -0.4 is 27.4 Å². The van der Waals surface area contributed by atoms with Crippen LogP contribution in [0, 0.1) is 0 Å². The van der Waals surface area contributed by atoms with Crippen molar-refractivity contribution in [3.63, 3.8) is 0 Å². The Hall–Kier alpha value is -4.01. The number of imidazole rings is 1. The van der Waals surface area contributed by atoms with Crippen molar-refractivity contribution in [2.75, 3.05) is 6.54 Å². The van der Waals surface area contributed by atoms with Crippen molar-refractivity contribution in [3.8, 4) is 0 Å². The lowest BCUT2D eigenvalue weighted by atomic mass is 10.1. The second-order valence-electron chi connectivity index (χ2n) is 7.06. The van der Waals surface area contributed by atoms with Gasteiger partial charge >= 0.3 is 11.9 Å². The van der Waals surface area contributed by atoms with Crippen molar-refractivity contribution in [2.45, 2.75) is 50.2 Å². The maximum Gasteiger partial charge on any atom is 0.326 e. The Morgan fingerprint density at radius 3 is 2.24 bits per heavy atom. The van der Waals surface area contributed by atoms with Gasteiger partial charge in [0.1, 0.15) is 12.1 Å². The second-order valence-corrected chi connectivity index (χ2v) is 7.06. The first kappa shape index (κ1) is 27.0. The lowest BCUT2D eigenvalue weighted by Gasteiger charge is -2.20. The third-order valence-electron chi connectivity index (χ3n) is 4.35. The van der Waals surface area contributed by atoms with Crippen LogP contribution in [0.2, 0.25) is 0 Å². The molecule has 0 aliphatic heterocycles. The molecule has 1 heterocycles. The largest absolute Gasteiger partial charge is 0.481 e. The number of carboxylic acid groups (broad SMARTS) is 2. The number of aromatic nitrogens is 2. The smallest absolute Gasteiger partial charge is 0.326 e. The van der Waals surface area contributed by atoms with E-state index in [-0.39, 0.29) is 25.7 Å². The predicted octanol–water partition coefficient (Wildman–Crippen LogP) is -3.42. The topological polar surface area (TPSA) is 260 Å². The number of carbonyl (C=O) groups is 6. The molecule has 15 nitrogen and oxygen atoms in total. The Morgan fingerprint density at radius 2 is 1.70 bits per heavy atom. The molecule has 0 aromatic carbocycles. The van der Waals surface area contributed by atoms with E-state index in [1.807, 2.05) is 0 Å². The number of primary amides is 1. The summed E-state index contributed by atoms with van der Waals surface area (Å²) in [6, 6.07) is -3.79. The Bertz CT molecular complexity index is 858. The van der Waals surface area contributed by atoms with Crippen molar-refractivity contribution in [1.82, 2.24) is 25.9 Å². The van der Waals surface area contributed by atoms with Gasteiger partial charge in [-0.15, -0.1) is 0 Å². The summed E-state index contributed by atoms with van der Waals surface area (Å²) in [6.45, 7) is -0.626. The predicted molar refractivity (Wildman–Crippen MR) is 110 cm³/mol. The van der Waals surface area contributed by atoms with E-state index in [4.69, 9.17) is 16.6 Å². The number of carboxylic acids is 2. The number of hydrogen-bond donors (Lipinski definition) is 8. The molecule has 10 N–H and O–H groups in total. The van der Waals surface area contributed by atoms with E-state index in [0.29, 0.717) is 5.69 Å². The van der Waals surface area contributed by atoms with E-state index in [1.165, 1.54) is 12.5 Å². The van der Waals surface area contributed by atoms with Gasteiger partial charge < -0.3 is 42.6 Å². The number of nitrogens with zero attached hydrogens (tertiary/aromatic N) is 1. The lowest BCUT2D eigenvalue weighted by molar-refractivity contribution is -0.141. The molecule has 0 aliphatic carbocycles. The van der Waals surface area contributed by atoms with Crippen molar-refractivity contribution >= 4 is 35.6 Å². The van der Waals surface area contributed by atoms with Gasteiger partial charge in [-0.05, 0) is 12.8 Å². The molecule has 0 radical (unpaired) electrons. The van der Waals surface area contributed by atoms with Crippen LogP contribution in [-0.2, 0) is 35.2 Å². The Morgan fingerprint density at radius 1 is 1.00 bits per heavy atom. The van der Waals surface area contributed by atoms with Crippen LogP contribution in [0.5, 0.6) is 0 Å². The fraction of sp³-hybridized carbons (Fsp3) is 0.500. The SMILES string of the molecule is NC(=O)CCC(N)C(=O)NC(CCC(=O)O)C(=O)NCC(=O)NC(Cc1cnc[nH]1)C(=O)O. The number of H-pyrrole nitrogens is 1. The molecule has 3 unspecified atom stereocenters. The number of rotatable bonds is 15. The highest BCUT2D eigenvalue weighted by Crippen LogP contribution is 2.02. The second kappa shape index (κ2) is 13.4. The van der Waals surface area contributed by atoms with Gasteiger partial charge in [-0.3, -0.25) is 24.0 Å². The summed E-state index contributed by atoms with van der Waals surface area (Å²) in [5, 5.41) is 24.9. The number of carbonyl (C=O) groups excluding carboxylic acids is 4. The fourth-order valence-electron chi connectivity index (χ4n) is 2.60. The zero-order valence-corrected chi connectivity index (χ0v) is 17.6. The Labute approximate surface area is 187 Å². The van der Waals surface area contributed by atoms with Gasteiger partial charge in [0.2, 0.25) is 23.6 Å². The molecule has 15 heteroatoms. The maximum atomic E-state index is 12.4. The minimum Gasteiger partial charge on any atom is -0.481 e. The zero-order chi connectivity index (χ0) is 25.0. The number of nitrogens with two attached hydrogens (primary N) is 2. The highest BCUT2D eigenvalue weighted by atomic mass is 16.4. The molecule has 0 fully saturated rings. The van der Waals surface area contributed by atoms with Gasteiger partial charge in [-0.25, -0.2) is 9.78 Å². The van der Waals surface area contributed by atoms with Crippen LogP contribution in [0.25, 0.3) is 0 Å². The Kier molecular flexibility index (Phi) is 11.0. The van der Waals surface area contributed by atoms with E-state index in [9.17, 15) is 33.9 Å². The van der Waals surface area contributed by atoms with Crippen LogP contribution in [0.1, 0.15) is 31.4 Å². The summed E-state index contributed by atoms with van der Waals surface area (Å²) >= 11 is 0. The molecule has 0 bridgehead atoms. The van der Waals surface area contributed by atoms with Gasteiger partial charge in [0, 0.05) is 31.2 Å². The molecule has 0 saturated carbocycles. The molecule has 3 atom stereocenters. The highest BCUT2D eigenvalue weighted by molar-refractivity contribution is 5.93. The van der Waals surface area contributed by atoms with E-state index < -0.39 is 66.7 Å². The molecule has 182 valence electrons. The summed E-state index contributed by atoms with van der Waals surface area (Å²) in [7, 11) is 0. The molecule has 1 aromatic heterocycles. The maximum absolute atomic E-state index is 12.4. The van der Waals surface area contributed by atoms with Gasteiger partial charge in [-0.2, -0.15) is 0 Å². The molecule has 4 amide bonds. The molecular weight excluding hydrogens is 442 g/mol. The van der Waals surface area contributed by atoms with Crippen LogP contribution in [0.15, 0.2) is 12.5 Å². The van der Waals surface area contributed by atoms with Crippen molar-refractivity contribution in [3.05, 3.63) is 18.2 Å². The van der Waals surface area contributed by atoms with Crippen molar-refractivity contribution in [2.24, 2.45) is 11.5 Å². The lowest BCUT2D eigenvalue weighted by Crippen LogP contribution is -2.53. The summed E-state index contributed by atoms with van der Waals surface area (Å²) in [4.78, 5) is 76.2. The van der Waals surface area contributed by atoms with Crippen molar-refractivity contribution < 1.29 is 39.0 Å². The number of nitrogens with one attached hydrogen (secondary N) is 4. The number of aliphatic carboxylic acids is 2. The van der Waals surface area contributed by atoms with Gasteiger partial charge in [0.15, 0.2) is 0 Å². The first-order valence-corrected chi connectivity index (χ1v) is 9.82. The molecule has 1 aromatic rings. The summed E-state index contributed by atoms with van der Waals surface area (Å²) in [5.74, 6) is -5.70. The zero-order valence-electron chi connectivity index (χ0n) is 17.6. The van der Waals surface area contributed by atoms with E-state index in [0.717, 1.165) is 0 Å². The molecular formula is C18H27N7O8. The third-order valence-corrected chi connectivity index (χ3v) is 4.35. The van der Waals surface area contributed by atoms with Gasteiger partial charge in [-0.1, -0.05) is 0 Å². The highest BCUT2D eigenvalue weighted by Gasteiger charge is 2.26. The molecule has 33 heavy (non-hydrogen) atoms. The molecule has 0 spiro atoms. The van der Waals surface area contributed by atoms with Crippen LogP contribution in [0.4, 0.5) is 0 Å². The van der Waals surface area contributed by atoms with Crippen molar-refractivity contribution in [1.29, 1.82) is 0 Å². The number of aromatic amines is 1. The number of amides is 4. The molecule has 0 saturated heterocycles.